The summed E-state index contributed by atoms with van der Waals surface area (Å²) in [5.74, 6) is -2.28. The first-order valence-corrected chi connectivity index (χ1v) is 8.73. The molecule has 2 aromatic rings. The molecule has 2 rings (SSSR count). The summed E-state index contributed by atoms with van der Waals surface area (Å²) in [7, 11) is 0. The monoisotopic (exact) mass is 403 g/mol. The fraction of sp³-hybridized carbons (Fsp3) is 0.300. The summed E-state index contributed by atoms with van der Waals surface area (Å²) in [6, 6.07) is 13.9. The van der Waals surface area contributed by atoms with Crippen molar-refractivity contribution in [2.75, 3.05) is 0 Å². The molecule has 0 radical (unpaired) electrons. The van der Waals surface area contributed by atoms with E-state index in [0.717, 1.165) is 10.0 Å². The van der Waals surface area contributed by atoms with Gasteiger partial charge in [0.25, 0.3) is 0 Å². The van der Waals surface area contributed by atoms with Crippen LogP contribution >= 0.6 is 15.9 Å². The van der Waals surface area contributed by atoms with Crippen molar-refractivity contribution in [2.24, 2.45) is 0 Å². The summed E-state index contributed by atoms with van der Waals surface area (Å²) in [5, 5.41) is 11.5. The van der Waals surface area contributed by atoms with Crippen molar-refractivity contribution < 1.29 is 19.4 Å². The first-order valence-electron chi connectivity index (χ1n) is 7.94. The summed E-state index contributed by atoms with van der Waals surface area (Å²) in [5.41, 5.74) is 1.37. The van der Waals surface area contributed by atoms with Crippen LogP contribution in [-0.2, 0) is 16.0 Å². The van der Waals surface area contributed by atoms with Gasteiger partial charge in [0.1, 0.15) is 5.60 Å². The molecule has 0 amide bonds. The molecule has 5 heteroatoms. The van der Waals surface area contributed by atoms with Crippen molar-refractivity contribution in [1.82, 2.24) is 0 Å². The zero-order valence-corrected chi connectivity index (χ0v) is 16.0. The van der Waals surface area contributed by atoms with Gasteiger partial charge in [-0.1, -0.05) is 40.2 Å². The number of benzene rings is 2. The van der Waals surface area contributed by atoms with Crippen molar-refractivity contribution in [3.05, 3.63) is 69.7 Å². The molecular formula is C20H20BrO4-. The smallest absolute Gasteiger partial charge is 0.338 e. The van der Waals surface area contributed by atoms with E-state index in [0.29, 0.717) is 17.5 Å². The average Bonchev–Trinajstić information content (AvgIpc) is 2.52. The lowest BCUT2D eigenvalue weighted by molar-refractivity contribution is -0.308. The fourth-order valence-corrected chi connectivity index (χ4v) is 2.65. The van der Waals surface area contributed by atoms with Gasteiger partial charge in [0, 0.05) is 16.4 Å². The molecule has 0 N–H and O–H groups in total. The second kappa shape index (κ2) is 7.83. The van der Waals surface area contributed by atoms with Crippen molar-refractivity contribution in [3.8, 4) is 0 Å². The van der Waals surface area contributed by atoms with Gasteiger partial charge in [0.15, 0.2) is 0 Å². The molecule has 132 valence electrons. The van der Waals surface area contributed by atoms with Gasteiger partial charge in [-0.05, 0) is 62.6 Å². The Labute approximate surface area is 156 Å². The van der Waals surface area contributed by atoms with Gasteiger partial charge < -0.3 is 14.6 Å². The number of rotatable bonds is 5. The highest BCUT2D eigenvalue weighted by Gasteiger charge is 2.18. The van der Waals surface area contributed by atoms with Crippen LogP contribution in [-0.4, -0.2) is 17.5 Å². The van der Waals surface area contributed by atoms with Crippen LogP contribution in [0.3, 0.4) is 0 Å². The Bertz CT molecular complexity index is 743. The van der Waals surface area contributed by atoms with Gasteiger partial charge in [-0.15, -0.1) is 0 Å². The van der Waals surface area contributed by atoms with Crippen LogP contribution in [0.25, 0.3) is 0 Å². The highest BCUT2D eigenvalue weighted by molar-refractivity contribution is 9.10. The molecule has 0 saturated heterocycles. The van der Waals surface area contributed by atoms with Crippen LogP contribution in [0, 0.1) is 0 Å². The standard InChI is InChI=1S/C20H21BrO4/c1-20(2,3)25-19(24)15-6-4-13(5-7-15)12-17(18(22)23)14-8-10-16(21)11-9-14/h4-11,17H,12H2,1-3H3,(H,22,23)/p-1/t17-/m1/s1. The minimum Gasteiger partial charge on any atom is -0.549 e. The molecule has 0 fully saturated rings. The number of carbonyl (C=O) groups is 2. The van der Waals surface area contributed by atoms with E-state index in [1.807, 2.05) is 20.8 Å². The van der Waals surface area contributed by atoms with Crippen molar-refractivity contribution in [3.63, 3.8) is 0 Å². The van der Waals surface area contributed by atoms with Crippen molar-refractivity contribution in [1.29, 1.82) is 0 Å². The first-order chi connectivity index (χ1) is 11.7. The van der Waals surface area contributed by atoms with E-state index in [4.69, 9.17) is 4.74 Å². The molecule has 4 nitrogen and oxygen atoms in total. The van der Waals surface area contributed by atoms with E-state index in [9.17, 15) is 14.7 Å². The average molecular weight is 404 g/mol. The lowest BCUT2D eigenvalue weighted by Gasteiger charge is -2.20. The van der Waals surface area contributed by atoms with Gasteiger partial charge >= 0.3 is 5.97 Å². The number of carboxylic acid groups (broad SMARTS) is 1. The van der Waals surface area contributed by atoms with Crippen LogP contribution in [0.4, 0.5) is 0 Å². The van der Waals surface area contributed by atoms with Gasteiger partial charge in [-0.25, -0.2) is 4.79 Å². The molecule has 0 heterocycles. The molecule has 1 atom stereocenters. The lowest BCUT2D eigenvalue weighted by atomic mass is 9.92. The molecule has 0 aromatic heterocycles. The van der Waals surface area contributed by atoms with Crippen LogP contribution < -0.4 is 5.11 Å². The number of halogens is 1. The molecule has 0 aliphatic heterocycles. The van der Waals surface area contributed by atoms with Gasteiger partial charge in [0.05, 0.1) is 5.56 Å². The van der Waals surface area contributed by atoms with E-state index in [-0.39, 0.29) is 0 Å². The minimum absolute atomic E-state index is 0.290. The molecule has 0 unspecified atom stereocenters. The number of carboxylic acids is 1. The minimum atomic E-state index is -1.13. The Hall–Kier alpha value is -2.14. The molecule has 0 aliphatic rings. The summed E-state index contributed by atoms with van der Waals surface area (Å²) in [4.78, 5) is 23.5. The molecule has 2 aromatic carbocycles. The quantitative estimate of drug-likeness (QED) is 0.716. The number of carbonyl (C=O) groups excluding carboxylic acids is 2. The maximum atomic E-state index is 12.0. The van der Waals surface area contributed by atoms with E-state index in [1.54, 1.807) is 48.5 Å². The van der Waals surface area contributed by atoms with E-state index in [2.05, 4.69) is 15.9 Å². The predicted molar refractivity (Wildman–Crippen MR) is 97.2 cm³/mol. The first kappa shape index (κ1) is 19.2. The Morgan fingerprint density at radius 1 is 1.04 bits per heavy atom. The number of hydrogen-bond donors (Lipinski definition) is 0. The van der Waals surface area contributed by atoms with Crippen LogP contribution in [0.15, 0.2) is 53.0 Å². The molecule has 0 bridgehead atoms. The maximum absolute atomic E-state index is 12.0. The fourth-order valence-electron chi connectivity index (χ4n) is 2.38. The summed E-state index contributed by atoms with van der Waals surface area (Å²) < 4.78 is 6.20. The molecule has 25 heavy (non-hydrogen) atoms. The van der Waals surface area contributed by atoms with Crippen molar-refractivity contribution in [2.45, 2.75) is 38.7 Å². The summed E-state index contributed by atoms with van der Waals surface area (Å²) in [6.45, 7) is 5.42. The van der Waals surface area contributed by atoms with Crippen molar-refractivity contribution >= 4 is 27.9 Å². The van der Waals surface area contributed by atoms with Crippen LogP contribution in [0.5, 0.6) is 0 Å². The van der Waals surface area contributed by atoms with Gasteiger partial charge in [-0.2, -0.15) is 0 Å². The summed E-state index contributed by atoms with van der Waals surface area (Å²) in [6.07, 6.45) is 0.290. The van der Waals surface area contributed by atoms with Crippen LogP contribution in [0.2, 0.25) is 0 Å². The molecule has 0 spiro atoms. The third-order valence-corrected chi connectivity index (χ3v) is 4.11. The Morgan fingerprint density at radius 3 is 2.08 bits per heavy atom. The lowest BCUT2D eigenvalue weighted by Crippen LogP contribution is -2.31. The van der Waals surface area contributed by atoms with Crippen LogP contribution in [0.1, 0.15) is 48.2 Å². The third kappa shape index (κ3) is 5.71. The van der Waals surface area contributed by atoms with E-state index in [1.165, 1.54) is 0 Å². The number of aliphatic carboxylic acids is 1. The third-order valence-electron chi connectivity index (χ3n) is 3.59. The van der Waals surface area contributed by atoms with E-state index < -0.39 is 23.5 Å². The zero-order chi connectivity index (χ0) is 18.6. The topological polar surface area (TPSA) is 66.4 Å². The molecule has 0 aliphatic carbocycles. The molecule has 0 saturated carbocycles. The highest BCUT2D eigenvalue weighted by atomic mass is 79.9. The Kier molecular flexibility index (Phi) is 6.01. The maximum Gasteiger partial charge on any atom is 0.338 e. The van der Waals surface area contributed by atoms with Gasteiger partial charge in [-0.3, -0.25) is 0 Å². The highest BCUT2D eigenvalue weighted by Crippen LogP contribution is 2.23. The SMILES string of the molecule is CC(C)(C)OC(=O)c1ccc(C[C@@H](C(=O)[O-])c2ccc(Br)cc2)cc1. The number of ether oxygens (including phenoxy) is 1. The van der Waals surface area contributed by atoms with E-state index >= 15 is 0 Å². The number of esters is 1. The Morgan fingerprint density at radius 2 is 1.60 bits per heavy atom. The predicted octanol–water partition coefficient (Wildman–Crippen LogP) is 3.48. The second-order valence-electron chi connectivity index (χ2n) is 6.83. The normalized spacial score (nSPS) is 12.5. The van der Waals surface area contributed by atoms with Gasteiger partial charge in [0.2, 0.25) is 0 Å². The molecular weight excluding hydrogens is 384 g/mol. The summed E-state index contributed by atoms with van der Waals surface area (Å²) >= 11 is 3.33. The largest absolute Gasteiger partial charge is 0.549 e. The zero-order valence-electron chi connectivity index (χ0n) is 14.4. The second-order valence-corrected chi connectivity index (χ2v) is 7.74. The Balaban J connectivity index is 2.14. The number of hydrogen-bond acceptors (Lipinski definition) is 4.